The number of hydrogen-bond donors (Lipinski definition) is 0. The average Bonchev–Trinajstić information content (AvgIpc) is 2.46. The molecule has 0 aliphatic carbocycles. The molecule has 0 bridgehead atoms. The predicted octanol–water partition coefficient (Wildman–Crippen LogP) is 4.71. The van der Waals surface area contributed by atoms with E-state index in [0.717, 1.165) is 5.56 Å². The quantitative estimate of drug-likeness (QED) is 0.814. The van der Waals surface area contributed by atoms with Crippen molar-refractivity contribution in [3.8, 4) is 11.8 Å². The van der Waals surface area contributed by atoms with Gasteiger partial charge in [-0.05, 0) is 42.2 Å². The van der Waals surface area contributed by atoms with Crippen molar-refractivity contribution in [2.75, 3.05) is 0 Å². The van der Waals surface area contributed by atoms with Crippen LogP contribution in [0.3, 0.4) is 0 Å². The summed E-state index contributed by atoms with van der Waals surface area (Å²) in [6, 6.07) is 12.5. The summed E-state index contributed by atoms with van der Waals surface area (Å²) in [6.07, 6.45) is 0. The van der Waals surface area contributed by atoms with Crippen LogP contribution in [0.5, 0.6) is 5.75 Å². The largest absolute Gasteiger partial charge is 0.489 e. The van der Waals surface area contributed by atoms with Crippen LogP contribution in [0.15, 0.2) is 36.4 Å². The SMILES string of the molecule is Cc1cc(OCc2cccc(C#N)c2F)ccc1C(C)C. The average molecular weight is 283 g/mol. The number of nitrogens with zero attached hydrogens (tertiary/aromatic N) is 1. The van der Waals surface area contributed by atoms with Crippen LogP contribution < -0.4 is 4.74 Å². The Morgan fingerprint density at radius 3 is 2.62 bits per heavy atom. The third-order valence-corrected chi connectivity index (χ3v) is 3.46. The molecule has 21 heavy (non-hydrogen) atoms. The summed E-state index contributed by atoms with van der Waals surface area (Å²) in [5, 5.41) is 8.82. The van der Waals surface area contributed by atoms with Crippen molar-refractivity contribution in [1.82, 2.24) is 0 Å². The number of benzene rings is 2. The van der Waals surface area contributed by atoms with Gasteiger partial charge in [-0.2, -0.15) is 5.26 Å². The van der Waals surface area contributed by atoms with E-state index in [1.807, 2.05) is 31.2 Å². The number of hydrogen-bond acceptors (Lipinski definition) is 2. The summed E-state index contributed by atoms with van der Waals surface area (Å²) in [6.45, 7) is 6.44. The molecule has 0 heterocycles. The fourth-order valence-electron chi connectivity index (χ4n) is 2.32. The molecule has 0 saturated heterocycles. The van der Waals surface area contributed by atoms with E-state index < -0.39 is 5.82 Å². The van der Waals surface area contributed by atoms with Gasteiger partial charge in [0.1, 0.15) is 24.2 Å². The lowest BCUT2D eigenvalue weighted by atomic mass is 9.98. The first-order valence-corrected chi connectivity index (χ1v) is 6.93. The topological polar surface area (TPSA) is 33.0 Å². The lowest BCUT2D eigenvalue weighted by molar-refractivity contribution is 0.299. The number of ether oxygens (including phenoxy) is 1. The third-order valence-electron chi connectivity index (χ3n) is 3.46. The van der Waals surface area contributed by atoms with Crippen LogP contribution in [0.1, 0.15) is 42.0 Å². The molecule has 2 aromatic rings. The number of aryl methyl sites for hydroxylation is 1. The molecule has 2 nitrogen and oxygen atoms in total. The lowest BCUT2D eigenvalue weighted by Crippen LogP contribution is -2.01. The molecule has 0 aliphatic heterocycles. The Kier molecular flexibility index (Phi) is 4.59. The number of rotatable bonds is 4. The molecule has 3 heteroatoms. The fraction of sp³-hybridized carbons (Fsp3) is 0.278. The Morgan fingerprint density at radius 1 is 1.24 bits per heavy atom. The van der Waals surface area contributed by atoms with Crippen LogP contribution in [0.2, 0.25) is 0 Å². The molecule has 0 fully saturated rings. The minimum Gasteiger partial charge on any atom is -0.489 e. The minimum absolute atomic E-state index is 0.0439. The van der Waals surface area contributed by atoms with E-state index in [4.69, 9.17) is 10.00 Å². The maximum Gasteiger partial charge on any atom is 0.147 e. The van der Waals surface area contributed by atoms with Crippen LogP contribution in [-0.2, 0) is 6.61 Å². The zero-order valence-electron chi connectivity index (χ0n) is 12.5. The van der Waals surface area contributed by atoms with Crippen molar-refractivity contribution in [3.05, 3.63) is 64.5 Å². The normalized spacial score (nSPS) is 10.5. The van der Waals surface area contributed by atoms with Crippen LogP contribution >= 0.6 is 0 Å². The highest BCUT2D eigenvalue weighted by Crippen LogP contribution is 2.24. The first-order chi connectivity index (χ1) is 10.0. The van der Waals surface area contributed by atoms with E-state index in [-0.39, 0.29) is 12.2 Å². The van der Waals surface area contributed by atoms with Crippen molar-refractivity contribution in [2.45, 2.75) is 33.3 Å². The second-order valence-corrected chi connectivity index (χ2v) is 5.35. The third kappa shape index (κ3) is 3.41. The smallest absolute Gasteiger partial charge is 0.147 e. The number of halogens is 1. The first-order valence-electron chi connectivity index (χ1n) is 6.93. The van der Waals surface area contributed by atoms with Gasteiger partial charge in [-0.15, -0.1) is 0 Å². The van der Waals surface area contributed by atoms with Gasteiger partial charge in [0, 0.05) is 5.56 Å². The molecule has 0 atom stereocenters. The molecule has 0 aromatic heterocycles. The van der Waals surface area contributed by atoms with Gasteiger partial charge in [0.15, 0.2) is 0 Å². The molecule has 108 valence electrons. The fourth-order valence-corrected chi connectivity index (χ4v) is 2.32. The Hall–Kier alpha value is -2.34. The van der Waals surface area contributed by atoms with Crippen molar-refractivity contribution < 1.29 is 9.13 Å². The van der Waals surface area contributed by atoms with Gasteiger partial charge in [-0.3, -0.25) is 0 Å². The maximum absolute atomic E-state index is 13.9. The standard InChI is InChI=1S/C18H18FNO/c1-12(2)17-8-7-16(9-13(17)3)21-11-15-6-4-5-14(10-20)18(15)19/h4-9,12H,11H2,1-3H3. The van der Waals surface area contributed by atoms with Crippen molar-refractivity contribution in [2.24, 2.45) is 0 Å². The van der Waals surface area contributed by atoms with Crippen molar-refractivity contribution in [3.63, 3.8) is 0 Å². The lowest BCUT2D eigenvalue weighted by Gasteiger charge is -2.13. The second-order valence-electron chi connectivity index (χ2n) is 5.35. The molecule has 0 saturated carbocycles. The molecule has 2 rings (SSSR count). The minimum atomic E-state index is -0.504. The summed E-state index contributed by atoms with van der Waals surface area (Å²) in [4.78, 5) is 0. The molecule has 0 aliphatic rings. The van der Waals surface area contributed by atoms with E-state index in [0.29, 0.717) is 17.2 Å². The summed E-state index contributed by atoms with van der Waals surface area (Å²) < 4.78 is 19.6. The van der Waals surface area contributed by atoms with Gasteiger partial charge in [0.25, 0.3) is 0 Å². The Morgan fingerprint density at radius 2 is 2.00 bits per heavy atom. The highest BCUT2D eigenvalue weighted by Gasteiger charge is 2.09. The van der Waals surface area contributed by atoms with Crippen LogP contribution in [-0.4, -0.2) is 0 Å². The Balaban J connectivity index is 2.14. The van der Waals surface area contributed by atoms with E-state index >= 15 is 0 Å². The molecular weight excluding hydrogens is 265 g/mol. The summed E-state index contributed by atoms with van der Waals surface area (Å²) >= 11 is 0. The molecule has 2 aromatic carbocycles. The van der Waals surface area contributed by atoms with E-state index in [9.17, 15) is 4.39 Å². The van der Waals surface area contributed by atoms with Crippen LogP contribution in [0.4, 0.5) is 4.39 Å². The molecule has 0 radical (unpaired) electrons. The molecule has 0 spiro atoms. The molecule has 0 unspecified atom stereocenters. The number of nitriles is 1. The highest BCUT2D eigenvalue weighted by atomic mass is 19.1. The summed E-state index contributed by atoms with van der Waals surface area (Å²) in [5.41, 5.74) is 2.87. The van der Waals surface area contributed by atoms with Gasteiger partial charge in [0.05, 0.1) is 5.56 Å². The van der Waals surface area contributed by atoms with E-state index in [1.165, 1.54) is 11.6 Å². The first kappa shape index (κ1) is 15.1. The van der Waals surface area contributed by atoms with Gasteiger partial charge < -0.3 is 4.74 Å². The molecular formula is C18H18FNO. The second kappa shape index (κ2) is 6.41. The highest BCUT2D eigenvalue weighted by molar-refractivity contribution is 5.37. The predicted molar refractivity (Wildman–Crippen MR) is 80.7 cm³/mol. The molecule has 0 N–H and O–H groups in total. The zero-order valence-corrected chi connectivity index (χ0v) is 12.5. The van der Waals surface area contributed by atoms with E-state index in [2.05, 4.69) is 13.8 Å². The summed E-state index contributed by atoms with van der Waals surface area (Å²) in [5.74, 6) is 0.665. The Labute approximate surface area is 124 Å². The zero-order chi connectivity index (χ0) is 15.4. The van der Waals surface area contributed by atoms with Gasteiger partial charge in [-0.25, -0.2) is 4.39 Å². The Bertz CT molecular complexity index is 686. The van der Waals surface area contributed by atoms with Gasteiger partial charge in [-0.1, -0.05) is 32.0 Å². The van der Waals surface area contributed by atoms with E-state index in [1.54, 1.807) is 12.1 Å². The van der Waals surface area contributed by atoms with Crippen molar-refractivity contribution in [1.29, 1.82) is 5.26 Å². The van der Waals surface area contributed by atoms with Gasteiger partial charge in [0.2, 0.25) is 0 Å². The monoisotopic (exact) mass is 283 g/mol. The maximum atomic E-state index is 13.9. The van der Waals surface area contributed by atoms with Crippen LogP contribution in [0.25, 0.3) is 0 Å². The summed E-state index contributed by atoms with van der Waals surface area (Å²) in [7, 11) is 0. The molecule has 0 amide bonds. The van der Waals surface area contributed by atoms with Gasteiger partial charge >= 0.3 is 0 Å². The van der Waals surface area contributed by atoms with Crippen LogP contribution in [0, 0.1) is 24.1 Å². The van der Waals surface area contributed by atoms with Crippen molar-refractivity contribution >= 4 is 0 Å².